The van der Waals surface area contributed by atoms with Crippen LogP contribution in [0.3, 0.4) is 0 Å². The zero-order chi connectivity index (χ0) is 12.3. The fourth-order valence-corrected chi connectivity index (χ4v) is 1.80. The summed E-state index contributed by atoms with van der Waals surface area (Å²) in [5, 5.41) is 19.1. The van der Waals surface area contributed by atoms with E-state index in [4.69, 9.17) is 9.63 Å². The minimum absolute atomic E-state index is 0.241. The summed E-state index contributed by atoms with van der Waals surface area (Å²) in [5.41, 5.74) is 0.899. The van der Waals surface area contributed by atoms with E-state index in [9.17, 15) is 4.79 Å². The van der Waals surface area contributed by atoms with Crippen LogP contribution in [0, 0.1) is 0 Å². The lowest BCUT2D eigenvalue weighted by molar-refractivity contribution is -0.139. The highest BCUT2D eigenvalue weighted by atomic mass is 32.1. The Labute approximate surface area is 101 Å². The fourth-order valence-electron chi connectivity index (χ4n) is 1.16. The van der Waals surface area contributed by atoms with E-state index in [-0.39, 0.29) is 6.54 Å². The maximum Gasteiger partial charge on any atom is 0.320 e. The average Bonchev–Trinajstić information content (AvgIpc) is 2.95. The summed E-state index contributed by atoms with van der Waals surface area (Å²) in [5.74, 6) is -0.0205. The summed E-state index contributed by atoms with van der Waals surface area (Å²) < 4.78 is 5.01. The summed E-state index contributed by atoms with van der Waals surface area (Å²) in [6.45, 7) is 1.79. The molecule has 0 saturated carbocycles. The monoisotopic (exact) mass is 253 g/mol. The summed E-state index contributed by atoms with van der Waals surface area (Å²) >= 11 is 1.55. The van der Waals surface area contributed by atoms with Gasteiger partial charge in [0.25, 0.3) is 0 Å². The lowest BCUT2D eigenvalue weighted by Gasteiger charge is -2.04. The van der Waals surface area contributed by atoms with Crippen LogP contribution >= 0.6 is 11.3 Å². The van der Waals surface area contributed by atoms with Crippen LogP contribution in [0.4, 0.5) is 0 Å². The van der Waals surface area contributed by atoms with Gasteiger partial charge in [0.15, 0.2) is 0 Å². The molecule has 0 spiro atoms. The van der Waals surface area contributed by atoms with Gasteiger partial charge in [0, 0.05) is 10.9 Å². The highest BCUT2D eigenvalue weighted by Gasteiger charge is 2.13. The molecule has 2 N–H and O–H groups in total. The Kier molecular flexibility index (Phi) is 3.50. The number of carboxylic acid groups (broad SMARTS) is 1. The predicted octanol–water partition coefficient (Wildman–Crippen LogP) is 1.36. The topological polar surface area (TPSA) is 88.3 Å². The van der Waals surface area contributed by atoms with Crippen LogP contribution in [-0.2, 0) is 11.3 Å². The molecule has 2 aromatic heterocycles. The summed E-state index contributed by atoms with van der Waals surface area (Å²) in [7, 11) is 0. The van der Waals surface area contributed by atoms with Crippen LogP contribution < -0.4 is 5.32 Å². The number of hydrogen-bond acceptors (Lipinski definition) is 6. The highest BCUT2D eigenvalue weighted by Crippen LogP contribution is 2.18. The van der Waals surface area contributed by atoms with E-state index in [0.29, 0.717) is 11.7 Å². The first kappa shape index (κ1) is 11.7. The molecule has 0 aliphatic heterocycles. The van der Waals surface area contributed by atoms with E-state index in [1.165, 1.54) is 0 Å². The quantitative estimate of drug-likeness (QED) is 0.836. The number of rotatable bonds is 5. The van der Waals surface area contributed by atoms with Gasteiger partial charge in [-0.25, -0.2) is 0 Å². The van der Waals surface area contributed by atoms with Gasteiger partial charge in [-0.2, -0.15) is 16.3 Å². The molecule has 0 aliphatic carbocycles. The first-order valence-corrected chi connectivity index (χ1v) is 5.92. The van der Waals surface area contributed by atoms with Crippen molar-refractivity contribution in [3.05, 3.63) is 22.7 Å². The van der Waals surface area contributed by atoms with Gasteiger partial charge in [-0.1, -0.05) is 5.16 Å². The molecule has 1 atom stereocenters. The van der Waals surface area contributed by atoms with Gasteiger partial charge in [-0.3, -0.25) is 10.1 Å². The largest absolute Gasteiger partial charge is 0.480 e. The van der Waals surface area contributed by atoms with Crippen LogP contribution in [-0.4, -0.2) is 27.3 Å². The van der Waals surface area contributed by atoms with Crippen molar-refractivity contribution in [3.8, 4) is 11.4 Å². The summed E-state index contributed by atoms with van der Waals surface area (Å²) in [4.78, 5) is 14.7. The Morgan fingerprint density at radius 1 is 1.71 bits per heavy atom. The lowest BCUT2D eigenvalue weighted by atomic mass is 10.3. The molecule has 2 rings (SSSR count). The molecule has 0 unspecified atom stereocenters. The maximum absolute atomic E-state index is 10.6. The van der Waals surface area contributed by atoms with E-state index < -0.39 is 12.0 Å². The van der Waals surface area contributed by atoms with Crippen molar-refractivity contribution >= 4 is 17.3 Å². The van der Waals surface area contributed by atoms with Crippen molar-refractivity contribution in [2.24, 2.45) is 0 Å². The lowest BCUT2D eigenvalue weighted by Crippen LogP contribution is -2.33. The van der Waals surface area contributed by atoms with E-state index in [1.807, 2.05) is 16.8 Å². The normalized spacial score (nSPS) is 12.5. The zero-order valence-electron chi connectivity index (χ0n) is 9.08. The first-order chi connectivity index (χ1) is 8.16. The Balaban J connectivity index is 1.97. The van der Waals surface area contributed by atoms with Crippen molar-refractivity contribution in [3.63, 3.8) is 0 Å². The van der Waals surface area contributed by atoms with Gasteiger partial charge in [0.05, 0.1) is 6.54 Å². The van der Waals surface area contributed by atoms with Gasteiger partial charge in [0.2, 0.25) is 11.7 Å². The Hall–Kier alpha value is -1.73. The minimum atomic E-state index is -0.914. The van der Waals surface area contributed by atoms with Gasteiger partial charge in [-0.05, 0) is 18.4 Å². The van der Waals surface area contributed by atoms with Gasteiger partial charge >= 0.3 is 5.97 Å². The molecule has 0 bridgehead atoms. The molecule has 90 valence electrons. The number of nitrogens with zero attached hydrogens (tertiary/aromatic N) is 2. The number of carboxylic acids is 1. The predicted molar refractivity (Wildman–Crippen MR) is 61.5 cm³/mol. The minimum Gasteiger partial charge on any atom is -0.480 e. The number of thiophene rings is 1. The Morgan fingerprint density at radius 3 is 3.18 bits per heavy atom. The van der Waals surface area contributed by atoms with Crippen molar-refractivity contribution in [2.75, 3.05) is 0 Å². The number of carbonyl (C=O) groups is 1. The summed E-state index contributed by atoms with van der Waals surface area (Å²) in [6.07, 6.45) is 0. The number of aliphatic carboxylic acids is 1. The molecule has 2 aromatic rings. The van der Waals surface area contributed by atoms with Crippen LogP contribution in [0.5, 0.6) is 0 Å². The van der Waals surface area contributed by atoms with E-state index >= 15 is 0 Å². The first-order valence-electron chi connectivity index (χ1n) is 4.98. The molecule has 6 nitrogen and oxygen atoms in total. The maximum atomic E-state index is 10.6. The highest BCUT2D eigenvalue weighted by molar-refractivity contribution is 7.08. The van der Waals surface area contributed by atoms with Crippen LogP contribution in [0.15, 0.2) is 21.3 Å². The summed E-state index contributed by atoms with van der Waals surface area (Å²) in [6, 6.07) is 1.25. The second-order valence-corrected chi connectivity index (χ2v) is 4.24. The Morgan fingerprint density at radius 2 is 2.53 bits per heavy atom. The molecule has 0 aliphatic rings. The van der Waals surface area contributed by atoms with E-state index in [1.54, 1.807) is 18.3 Å². The number of nitrogens with one attached hydrogen (secondary N) is 1. The average molecular weight is 253 g/mol. The molecular weight excluding hydrogens is 242 g/mol. The number of hydrogen-bond donors (Lipinski definition) is 2. The van der Waals surface area contributed by atoms with Crippen LogP contribution in [0.25, 0.3) is 11.4 Å². The molecule has 7 heteroatoms. The molecular formula is C10H11N3O3S. The third-order valence-corrected chi connectivity index (χ3v) is 2.86. The van der Waals surface area contributed by atoms with Crippen LogP contribution in [0.2, 0.25) is 0 Å². The second-order valence-electron chi connectivity index (χ2n) is 3.46. The van der Waals surface area contributed by atoms with Gasteiger partial charge in [-0.15, -0.1) is 0 Å². The standard InChI is InChI=1S/C10H11N3O3S/c1-6(10(14)15)11-4-8-12-9(13-16-8)7-2-3-17-5-7/h2-3,5-6,11H,4H2,1H3,(H,14,15)/t6-/m1/s1. The molecule has 17 heavy (non-hydrogen) atoms. The third kappa shape index (κ3) is 2.89. The molecule has 0 fully saturated rings. The van der Waals surface area contributed by atoms with Crippen molar-refractivity contribution in [1.82, 2.24) is 15.5 Å². The third-order valence-electron chi connectivity index (χ3n) is 2.18. The van der Waals surface area contributed by atoms with Crippen molar-refractivity contribution < 1.29 is 14.4 Å². The smallest absolute Gasteiger partial charge is 0.320 e. The molecule has 2 heterocycles. The number of aromatic nitrogens is 2. The van der Waals surface area contributed by atoms with E-state index in [2.05, 4.69) is 15.5 Å². The molecule has 0 amide bonds. The SMILES string of the molecule is C[C@@H](NCc1nc(-c2ccsc2)no1)C(=O)O. The van der Waals surface area contributed by atoms with Gasteiger partial charge < -0.3 is 9.63 Å². The Bertz CT molecular complexity index is 495. The van der Waals surface area contributed by atoms with E-state index in [0.717, 1.165) is 5.56 Å². The zero-order valence-corrected chi connectivity index (χ0v) is 9.90. The molecule has 0 radical (unpaired) electrons. The molecule has 0 saturated heterocycles. The fraction of sp³-hybridized carbons (Fsp3) is 0.300. The van der Waals surface area contributed by atoms with Crippen LogP contribution in [0.1, 0.15) is 12.8 Å². The van der Waals surface area contributed by atoms with Crippen molar-refractivity contribution in [2.45, 2.75) is 19.5 Å². The molecule has 0 aromatic carbocycles. The van der Waals surface area contributed by atoms with Gasteiger partial charge in [0.1, 0.15) is 6.04 Å². The second kappa shape index (κ2) is 5.07. The van der Waals surface area contributed by atoms with Crippen molar-refractivity contribution in [1.29, 1.82) is 0 Å².